The molecule has 1 fully saturated rings. The minimum Gasteiger partial charge on any atom is -0.481 e. The number of hydrogen-bond acceptors (Lipinski definition) is 4. The Balaban J connectivity index is 1.34. The van der Waals surface area contributed by atoms with Crippen LogP contribution in [0.25, 0.3) is 11.1 Å². The van der Waals surface area contributed by atoms with Crippen LogP contribution in [0.5, 0.6) is 0 Å². The van der Waals surface area contributed by atoms with Crippen LogP contribution in [0.15, 0.2) is 48.5 Å². The van der Waals surface area contributed by atoms with E-state index in [9.17, 15) is 19.5 Å². The molecule has 0 saturated heterocycles. The minimum atomic E-state index is -0.896. The van der Waals surface area contributed by atoms with E-state index in [4.69, 9.17) is 4.74 Å². The quantitative estimate of drug-likeness (QED) is 0.410. The Morgan fingerprint density at radius 1 is 1.03 bits per heavy atom. The maximum absolute atomic E-state index is 12.8. The average molecular weight is 479 g/mol. The van der Waals surface area contributed by atoms with Gasteiger partial charge < -0.3 is 20.5 Å². The molecule has 7 heteroatoms. The zero-order chi connectivity index (χ0) is 24.8. The summed E-state index contributed by atoms with van der Waals surface area (Å²) in [5.41, 5.74) is 4.54. The van der Waals surface area contributed by atoms with Gasteiger partial charge in [-0.3, -0.25) is 9.59 Å². The number of carbonyl (C=O) groups is 3. The molecule has 4 rings (SSSR count). The van der Waals surface area contributed by atoms with Crippen molar-refractivity contribution in [2.24, 2.45) is 11.8 Å². The summed E-state index contributed by atoms with van der Waals surface area (Å²) in [5.74, 6) is -1.48. The van der Waals surface area contributed by atoms with Crippen LogP contribution < -0.4 is 10.6 Å². The summed E-state index contributed by atoms with van der Waals surface area (Å²) < 4.78 is 5.60. The van der Waals surface area contributed by atoms with Crippen molar-refractivity contribution in [3.8, 4) is 11.1 Å². The average Bonchev–Trinajstić information content (AvgIpc) is 3.63. The standard InChI is InChI=1S/C28H34N2O5/c1-2-3-12-25(26(31)29-16-19(27(32)33)15-18-13-14-18)30-28(34)35-17-24-22-10-6-4-8-20(22)21-9-5-7-11-23(21)24/h4-11,18-19,24-25H,2-3,12-17H2,1H3,(H,29,31)(H,30,34)(H,32,33). The number of hydrogen-bond donors (Lipinski definition) is 3. The fourth-order valence-electron chi connectivity index (χ4n) is 4.83. The zero-order valence-corrected chi connectivity index (χ0v) is 20.2. The number of fused-ring (bicyclic) bond motifs is 3. The predicted molar refractivity (Wildman–Crippen MR) is 133 cm³/mol. The molecule has 2 aliphatic rings. The van der Waals surface area contributed by atoms with E-state index >= 15 is 0 Å². The van der Waals surface area contributed by atoms with Crippen LogP contribution in [0.2, 0.25) is 0 Å². The van der Waals surface area contributed by atoms with Crippen molar-refractivity contribution in [2.45, 2.75) is 57.4 Å². The maximum atomic E-state index is 12.8. The predicted octanol–water partition coefficient (Wildman–Crippen LogP) is 4.70. The Labute approximate surface area is 206 Å². The second kappa shape index (κ2) is 11.4. The van der Waals surface area contributed by atoms with Gasteiger partial charge in [0.15, 0.2) is 0 Å². The van der Waals surface area contributed by atoms with E-state index in [1.807, 2.05) is 31.2 Å². The van der Waals surface area contributed by atoms with Gasteiger partial charge in [0.25, 0.3) is 0 Å². The van der Waals surface area contributed by atoms with Gasteiger partial charge in [0.2, 0.25) is 5.91 Å². The molecule has 0 spiro atoms. The Kier molecular flexibility index (Phi) is 8.06. The molecule has 0 heterocycles. The van der Waals surface area contributed by atoms with Crippen LogP contribution in [0.1, 0.15) is 62.5 Å². The molecule has 35 heavy (non-hydrogen) atoms. The fraction of sp³-hybridized carbons (Fsp3) is 0.464. The molecule has 0 aliphatic heterocycles. The first-order valence-corrected chi connectivity index (χ1v) is 12.6. The number of carboxylic acids is 1. The molecule has 186 valence electrons. The molecular weight excluding hydrogens is 444 g/mol. The molecule has 2 aromatic carbocycles. The van der Waals surface area contributed by atoms with Crippen LogP contribution in [0.3, 0.4) is 0 Å². The van der Waals surface area contributed by atoms with Gasteiger partial charge in [-0.1, -0.05) is 81.1 Å². The molecule has 2 unspecified atom stereocenters. The summed E-state index contributed by atoms with van der Waals surface area (Å²) in [5, 5.41) is 14.9. The molecule has 3 N–H and O–H groups in total. The van der Waals surface area contributed by atoms with Gasteiger partial charge in [-0.15, -0.1) is 0 Å². The van der Waals surface area contributed by atoms with Crippen molar-refractivity contribution in [3.63, 3.8) is 0 Å². The SMILES string of the molecule is CCCCC(NC(=O)OCC1c2ccccc2-c2ccccc21)C(=O)NCC(CC1CC1)C(=O)O. The highest BCUT2D eigenvalue weighted by Gasteiger charge is 2.31. The van der Waals surface area contributed by atoms with Crippen LogP contribution in [-0.4, -0.2) is 42.3 Å². The summed E-state index contributed by atoms with van der Waals surface area (Å²) >= 11 is 0. The lowest BCUT2D eigenvalue weighted by Gasteiger charge is -2.21. The van der Waals surface area contributed by atoms with Gasteiger partial charge >= 0.3 is 12.1 Å². The molecule has 0 radical (unpaired) electrons. The van der Waals surface area contributed by atoms with E-state index < -0.39 is 24.0 Å². The lowest BCUT2D eigenvalue weighted by molar-refractivity contribution is -0.142. The highest BCUT2D eigenvalue weighted by atomic mass is 16.5. The monoisotopic (exact) mass is 478 g/mol. The molecule has 2 aliphatic carbocycles. The Morgan fingerprint density at radius 3 is 2.23 bits per heavy atom. The topological polar surface area (TPSA) is 105 Å². The summed E-state index contributed by atoms with van der Waals surface area (Å²) in [6, 6.07) is 15.5. The van der Waals surface area contributed by atoms with E-state index in [0.29, 0.717) is 18.8 Å². The minimum absolute atomic E-state index is 0.0604. The van der Waals surface area contributed by atoms with Crippen LogP contribution in [0, 0.1) is 11.8 Å². The van der Waals surface area contributed by atoms with Gasteiger partial charge in [0.1, 0.15) is 12.6 Å². The van der Waals surface area contributed by atoms with Gasteiger partial charge in [-0.25, -0.2) is 4.79 Å². The Bertz CT molecular complexity index is 1020. The Hall–Kier alpha value is -3.35. The molecule has 0 aromatic heterocycles. The van der Waals surface area contributed by atoms with Crippen molar-refractivity contribution in [3.05, 3.63) is 59.7 Å². The third kappa shape index (κ3) is 6.21. The first-order chi connectivity index (χ1) is 17.0. The van der Waals surface area contributed by atoms with E-state index in [1.165, 1.54) is 0 Å². The highest BCUT2D eigenvalue weighted by Crippen LogP contribution is 2.44. The number of nitrogens with one attached hydrogen (secondary N) is 2. The lowest BCUT2D eigenvalue weighted by Crippen LogP contribution is -2.48. The van der Waals surface area contributed by atoms with Crippen LogP contribution >= 0.6 is 0 Å². The Morgan fingerprint density at radius 2 is 1.66 bits per heavy atom. The number of rotatable bonds is 12. The largest absolute Gasteiger partial charge is 0.481 e. The van der Waals surface area contributed by atoms with Crippen molar-refractivity contribution in [1.29, 1.82) is 0 Å². The van der Waals surface area contributed by atoms with E-state index in [1.54, 1.807) is 0 Å². The second-order valence-electron chi connectivity index (χ2n) is 9.62. The maximum Gasteiger partial charge on any atom is 0.407 e. The summed E-state index contributed by atoms with van der Waals surface area (Å²) in [6.45, 7) is 2.25. The number of benzene rings is 2. The fourth-order valence-corrected chi connectivity index (χ4v) is 4.83. The molecular formula is C28H34N2O5. The summed E-state index contributed by atoms with van der Waals surface area (Å²) in [4.78, 5) is 37.1. The molecule has 2 amide bonds. The molecule has 2 aromatic rings. The number of alkyl carbamates (subject to hydrolysis) is 1. The summed E-state index contributed by atoms with van der Waals surface area (Å²) in [7, 11) is 0. The molecule has 7 nitrogen and oxygen atoms in total. The first-order valence-electron chi connectivity index (χ1n) is 12.6. The third-order valence-corrected chi connectivity index (χ3v) is 6.99. The van der Waals surface area contributed by atoms with E-state index in [2.05, 4.69) is 34.9 Å². The number of aliphatic carboxylic acids is 1. The van der Waals surface area contributed by atoms with Crippen LogP contribution in [0.4, 0.5) is 4.79 Å². The molecule has 2 atom stereocenters. The molecule has 1 saturated carbocycles. The van der Waals surface area contributed by atoms with Crippen molar-refractivity contribution in [1.82, 2.24) is 10.6 Å². The number of carbonyl (C=O) groups excluding carboxylic acids is 2. The van der Waals surface area contributed by atoms with Crippen molar-refractivity contribution in [2.75, 3.05) is 13.2 Å². The van der Waals surface area contributed by atoms with Crippen molar-refractivity contribution >= 4 is 18.0 Å². The second-order valence-corrected chi connectivity index (χ2v) is 9.62. The normalized spacial score (nSPS) is 16.0. The zero-order valence-electron chi connectivity index (χ0n) is 20.2. The van der Waals surface area contributed by atoms with Gasteiger partial charge in [-0.2, -0.15) is 0 Å². The third-order valence-electron chi connectivity index (χ3n) is 6.99. The number of ether oxygens (including phenoxy) is 1. The highest BCUT2D eigenvalue weighted by molar-refractivity contribution is 5.86. The van der Waals surface area contributed by atoms with Gasteiger partial charge in [0.05, 0.1) is 5.92 Å². The van der Waals surface area contributed by atoms with Gasteiger partial charge in [0, 0.05) is 12.5 Å². The smallest absolute Gasteiger partial charge is 0.407 e. The van der Waals surface area contributed by atoms with E-state index in [0.717, 1.165) is 47.9 Å². The van der Waals surface area contributed by atoms with Crippen LogP contribution in [-0.2, 0) is 14.3 Å². The summed E-state index contributed by atoms with van der Waals surface area (Å²) in [6.07, 6.45) is 4.14. The molecule has 0 bridgehead atoms. The van der Waals surface area contributed by atoms with Gasteiger partial charge in [-0.05, 0) is 41.0 Å². The number of amides is 2. The lowest BCUT2D eigenvalue weighted by atomic mass is 9.98. The number of carboxylic acid groups (broad SMARTS) is 1. The van der Waals surface area contributed by atoms with E-state index in [-0.39, 0.29) is 25.0 Å². The first kappa shape index (κ1) is 24.8. The van der Waals surface area contributed by atoms with Crippen molar-refractivity contribution < 1.29 is 24.2 Å². The number of unbranched alkanes of at least 4 members (excludes halogenated alkanes) is 1.